The molecule has 1 aromatic heterocycles. The predicted octanol–water partition coefficient (Wildman–Crippen LogP) is 6.39. The van der Waals surface area contributed by atoms with Gasteiger partial charge in [-0.1, -0.05) is 84.9 Å². The van der Waals surface area contributed by atoms with Crippen LogP contribution in [0.3, 0.4) is 0 Å². The Kier molecular flexibility index (Phi) is 5.58. The molecular formula is C31H25N3O2. The number of amides is 1. The number of fused-ring (bicyclic) bond motifs is 3. The first-order chi connectivity index (χ1) is 17.7. The third kappa shape index (κ3) is 3.85. The average molecular weight is 472 g/mol. The van der Waals surface area contributed by atoms with Crippen LogP contribution in [0.1, 0.15) is 33.9 Å². The second-order valence-electron chi connectivity index (χ2n) is 8.93. The molecular weight excluding hydrogens is 446 g/mol. The normalized spacial score (nSPS) is 12.8. The van der Waals surface area contributed by atoms with Crippen LogP contribution in [0.2, 0.25) is 0 Å². The van der Waals surface area contributed by atoms with E-state index in [4.69, 9.17) is 4.74 Å². The summed E-state index contributed by atoms with van der Waals surface area (Å²) in [6, 6.07) is 34.0. The molecule has 4 aromatic carbocycles. The van der Waals surface area contributed by atoms with Gasteiger partial charge >= 0.3 is 0 Å². The number of carbonyl (C=O) groups is 1. The fourth-order valence-electron chi connectivity index (χ4n) is 5.01. The van der Waals surface area contributed by atoms with Gasteiger partial charge < -0.3 is 9.30 Å². The SMILES string of the molecule is Cc1c(C=NNC(=O)C2c3ccccc3Oc3ccccc32)c2ccccc2n1Cc1ccccc1. The zero-order valence-electron chi connectivity index (χ0n) is 19.9. The van der Waals surface area contributed by atoms with Gasteiger partial charge in [0.2, 0.25) is 0 Å². The number of nitrogens with one attached hydrogen (secondary N) is 1. The second kappa shape index (κ2) is 9.19. The molecule has 0 spiro atoms. The molecule has 1 amide bonds. The fraction of sp³-hybridized carbons (Fsp3) is 0.0968. The van der Waals surface area contributed by atoms with Crippen LogP contribution in [-0.2, 0) is 11.3 Å². The Balaban J connectivity index is 1.31. The first kappa shape index (κ1) is 21.9. The average Bonchev–Trinajstić information content (AvgIpc) is 3.18. The largest absolute Gasteiger partial charge is 0.457 e. The van der Waals surface area contributed by atoms with E-state index in [1.54, 1.807) is 6.21 Å². The molecule has 5 aromatic rings. The van der Waals surface area contributed by atoms with Gasteiger partial charge in [-0.25, -0.2) is 5.43 Å². The Morgan fingerprint density at radius 3 is 2.19 bits per heavy atom. The van der Waals surface area contributed by atoms with Crippen molar-refractivity contribution >= 4 is 23.0 Å². The van der Waals surface area contributed by atoms with E-state index < -0.39 is 5.92 Å². The highest BCUT2D eigenvalue weighted by atomic mass is 16.5. The van der Waals surface area contributed by atoms with E-state index in [1.165, 1.54) is 5.56 Å². The zero-order chi connectivity index (χ0) is 24.5. The van der Waals surface area contributed by atoms with Gasteiger partial charge in [-0.05, 0) is 30.7 Å². The third-order valence-corrected chi connectivity index (χ3v) is 6.77. The maximum absolute atomic E-state index is 13.4. The maximum atomic E-state index is 13.4. The van der Waals surface area contributed by atoms with Crippen molar-refractivity contribution in [2.45, 2.75) is 19.4 Å². The minimum Gasteiger partial charge on any atom is -0.457 e. The predicted molar refractivity (Wildman–Crippen MR) is 143 cm³/mol. The summed E-state index contributed by atoms with van der Waals surface area (Å²) >= 11 is 0. The van der Waals surface area contributed by atoms with E-state index in [0.717, 1.165) is 39.8 Å². The van der Waals surface area contributed by atoms with Crippen LogP contribution in [-0.4, -0.2) is 16.7 Å². The smallest absolute Gasteiger partial charge is 0.252 e. The molecule has 0 radical (unpaired) electrons. The van der Waals surface area contributed by atoms with Gasteiger partial charge in [-0.3, -0.25) is 4.79 Å². The summed E-state index contributed by atoms with van der Waals surface area (Å²) in [4.78, 5) is 13.4. The number of benzene rings is 4. The number of hydrogen-bond donors (Lipinski definition) is 1. The summed E-state index contributed by atoms with van der Waals surface area (Å²) in [6.45, 7) is 2.86. The van der Waals surface area contributed by atoms with Crippen molar-refractivity contribution < 1.29 is 9.53 Å². The van der Waals surface area contributed by atoms with Gasteiger partial charge in [0, 0.05) is 39.8 Å². The summed E-state index contributed by atoms with van der Waals surface area (Å²) in [7, 11) is 0. The van der Waals surface area contributed by atoms with Crippen molar-refractivity contribution in [1.29, 1.82) is 0 Å². The Bertz CT molecular complexity index is 1560. The summed E-state index contributed by atoms with van der Waals surface area (Å²) in [6.07, 6.45) is 1.76. The van der Waals surface area contributed by atoms with E-state index in [2.05, 4.69) is 58.4 Å². The Hall–Kier alpha value is -4.64. The van der Waals surface area contributed by atoms with Gasteiger partial charge in [0.25, 0.3) is 5.91 Å². The van der Waals surface area contributed by atoms with Crippen LogP contribution in [0.15, 0.2) is 108 Å². The fourth-order valence-corrected chi connectivity index (χ4v) is 5.01. The number of aromatic nitrogens is 1. The molecule has 0 saturated heterocycles. The van der Waals surface area contributed by atoms with Crippen molar-refractivity contribution in [1.82, 2.24) is 9.99 Å². The highest BCUT2D eigenvalue weighted by Crippen LogP contribution is 2.43. The van der Waals surface area contributed by atoms with Crippen molar-refractivity contribution in [3.05, 3.63) is 131 Å². The van der Waals surface area contributed by atoms with Crippen LogP contribution < -0.4 is 10.2 Å². The molecule has 0 atom stereocenters. The van der Waals surface area contributed by atoms with Crippen molar-refractivity contribution in [2.24, 2.45) is 5.10 Å². The van der Waals surface area contributed by atoms with Gasteiger partial charge in [-0.15, -0.1) is 0 Å². The minimum atomic E-state index is -0.496. The van der Waals surface area contributed by atoms with Gasteiger partial charge in [0.15, 0.2) is 0 Å². The Morgan fingerprint density at radius 2 is 1.47 bits per heavy atom. The Labute approximate surface area is 209 Å². The van der Waals surface area contributed by atoms with E-state index in [9.17, 15) is 4.79 Å². The number of para-hydroxylation sites is 3. The standard InChI is InChI=1S/C31H25N3O2/c1-21-26(23-13-5-8-16-27(23)34(21)20-22-11-3-2-4-12-22)19-32-33-31(35)30-24-14-6-9-17-28(24)36-29-18-10-7-15-25(29)30/h2-19,30H,20H2,1H3,(H,33,35). The van der Waals surface area contributed by atoms with Crippen LogP contribution in [0, 0.1) is 6.92 Å². The number of hydrogen-bond acceptors (Lipinski definition) is 3. The second-order valence-corrected chi connectivity index (χ2v) is 8.93. The van der Waals surface area contributed by atoms with Crippen molar-refractivity contribution in [3.8, 4) is 11.5 Å². The summed E-state index contributed by atoms with van der Waals surface area (Å²) in [5.41, 5.74) is 8.93. The number of hydrazone groups is 1. The van der Waals surface area contributed by atoms with E-state index in [1.807, 2.05) is 66.7 Å². The van der Waals surface area contributed by atoms with E-state index >= 15 is 0 Å². The zero-order valence-corrected chi connectivity index (χ0v) is 19.9. The van der Waals surface area contributed by atoms with Crippen LogP contribution in [0.25, 0.3) is 10.9 Å². The summed E-state index contributed by atoms with van der Waals surface area (Å²) in [5, 5.41) is 5.52. The quantitative estimate of drug-likeness (QED) is 0.239. The molecule has 0 saturated carbocycles. The highest BCUT2D eigenvalue weighted by Gasteiger charge is 2.32. The van der Waals surface area contributed by atoms with Gasteiger partial charge in [0.1, 0.15) is 11.5 Å². The molecule has 0 unspecified atom stereocenters. The van der Waals surface area contributed by atoms with Crippen molar-refractivity contribution in [3.63, 3.8) is 0 Å². The Morgan fingerprint density at radius 1 is 0.861 bits per heavy atom. The molecule has 5 heteroatoms. The first-order valence-electron chi connectivity index (χ1n) is 12.0. The molecule has 36 heavy (non-hydrogen) atoms. The molecule has 1 aliphatic rings. The van der Waals surface area contributed by atoms with Gasteiger partial charge in [0.05, 0.1) is 12.1 Å². The first-order valence-corrected chi connectivity index (χ1v) is 12.0. The number of nitrogens with zero attached hydrogens (tertiary/aromatic N) is 2. The molecule has 176 valence electrons. The lowest BCUT2D eigenvalue weighted by Crippen LogP contribution is -2.28. The molecule has 1 N–H and O–H groups in total. The van der Waals surface area contributed by atoms with Gasteiger partial charge in [-0.2, -0.15) is 5.10 Å². The lowest BCUT2D eigenvalue weighted by molar-refractivity contribution is -0.121. The lowest BCUT2D eigenvalue weighted by Gasteiger charge is -2.26. The molecule has 0 fully saturated rings. The van der Waals surface area contributed by atoms with Crippen LogP contribution >= 0.6 is 0 Å². The monoisotopic (exact) mass is 471 g/mol. The molecule has 0 aliphatic carbocycles. The molecule has 0 bridgehead atoms. The minimum absolute atomic E-state index is 0.194. The lowest BCUT2D eigenvalue weighted by atomic mass is 9.87. The molecule has 5 nitrogen and oxygen atoms in total. The van der Waals surface area contributed by atoms with Crippen LogP contribution in [0.4, 0.5) is 0 Å². The molecule has 6 rings (SSSR count). The number of ether oxygens (including phenoxy) is 1. The topological polar surface area (TPSA) is 55.6 Å². The van der Waals surface area contributed by atoms with Crippen LogP contribution in [0.5, 0.6) is 11.5 Å². The maximum Gasteiger partial charge on any atom is 0.252 e. The highest BCUT2D eigenvalue weighted by molar-refractivity contribution is 6.01. The number of rotatable bonds is 5. The van der Waals surface area contributed by atoms with E-state index in [0.29, 0.717) is 11.5 Å². The molecule has 1 aliphatic heterocycles. The van der Waals surface area contributed by atoms with E-state index in [-0.39, 0.29) is 5.91 Å². The number of carbonyl (C=O) groups excluding carboxylic acids is 1. The third-order valence-electron chi connectivity index (χ3n) is 6.77. The summed E-state index contributed by atoms with van der Waals surface area (Å²) < 4.78 is 8.32. The summed E-state index contributed by atoms with van der Waals surface area (Å²) in [5.74, 6) is 0.698. The molecule has 2 heterocycles. The van der Waals surface area contributed by atoms with Crippen molar-refractivity contribution in [2.75, 3.05) is 0 Å².